The molecule has 27 heavy (non-hydrogen) atoms. The lowest BCUT2D eigenvalue weighted by molar-refractivity contribution is -0.137. The van der Waals surface area contributed by atoms with Gasteiger partial charge in [0.1, 0.15) is 16.6 Å². The van der Waals surface area contributed by atoms with E-state index in [1.807, 2.05) is 35.7 Å². The number of anilines is 1. The number of thiazole rings is 1. The highest BCUT2D eigenvalue weighted by Crippen LogP contribution is 2.31. The highest BCUT2D eigenvalue weighted by atomic mass is 79.9. The van der Waals surface area contributed by atoms with Gasteiger partial charge in [0.2, 0.25) is 0 Å². The van der Waals surface area contributed by atoms with Crippen LogP contribution in [0.5, 0.6) is 0 Å². The van der Waals surface area contributed by atoms with Crippen molar-refractivity contribution < 1.29 is 13.2 Å². The van der Waals surface area contributed by atoms with Crippen molar-refractivity contribution in [3.8, 4) is 17.3 Å². The van der Waals surface area contributed by atoms with Crippen LogP contribution in [0.3, 0.4) is 0 Å². The zero-order valence-electron chi connectivity index (χ0n) is 13.6. The molecule has 0 fully saturated rings. The quantitative estimate of drug-likeness (QED) is 0.458. The Morgan fingerprint density at radius 2 is 1.93 bits per heavy atom. The van der Waals surface area contributed by atoms with Gasteiger partial charge in [-0.2, -0.15) is 18.4 Å². The minimum Gasteiger partial charge on any atom is -0.360 e. The van der Waals surface area contributed by atoms with Gasteiger partial charge in [0.25, 0.3) is 0 Å². The molecule has 0 saturated heterocycles. The van der Waals surface area contributed by atoms with Gasteiger partial charge in [-0.05, 0) is 30.3 Å². The van der Waals surface area contributed by atoms with E-state index in [9.17, 15) is 18.4 Å². The second-order valence-corrected chi connectivity index (χ2v) is 7.21. The number of rotatable bonds is 4. The van der Waals surface area contributed by atoms with Crippen LogP contribution in [0.1, 0.15) is 10.6 Å². The van der Waals surface area contributed by atoms with E-state index in [1.54, 1.807) is 0 Å². The van der Waals surface area contributed by atoms with Crippen LogP contribution in [-0.4, -0.2) is 4.98 Å². The Bertz CT molecular complexity index is 1020. The van der Waals surface area contributed by atoms with Gasteiger partial charge in [0, 0.05) is 27.3 Å². The lowest BCUT2D eigenvalue weighted by Crippen LogP contribution is -2.05. The van der Waals surface area contributed by atoms with Gasteiger partial charge in [-0.1, -0.05) is 34.1 Å². The maximum Gasteiger partial charge on any atom is 0.416 e. The first-order chi connectivity index (χ1) is 12.9. The molecule has 3 rings (SSSR count). The van der Waals surface area contributed by atoms with Crippen molar-refractivity contribution in [3.63, 3.8) is 0 Å². The Morgan fingerprint density at radius 3 is 2.59 bits per heavy atom. The molecule has 0 unspecified atom stereocenters. The SMILES string of the molecule is N#CC(=CNc1cccc(C(F)(F)F)c1)c1nc(-c2ccc(Br)cc2)cs1. The van der Waals surface area contributed by atoms with E-state index in [2.05, 4.69) is 26.2 Å². The molecule has 0 saturated carbocycles. The predicted octanol–water partition coefficient (Wildman–Crippen LogP) is 6.57. The first kappa shape index (κ1) is 19.1. The zero-order valence-corrected chi connectivity index (χ0v) is 16.0. The van der Waals surface area contributed by atoms with Crippen molar-refractivity contribution in [2.45, 2.75) is 6.18 Å². The van der Waals surface area contributed by atoms with Gasteiger partial charge >= 0.3 is 6.18 Å². The molecule has 0 aliphatic carbocycles. The van der Waals surface area contributed by atoms with Crippen molar-refractivity contribution in [1.29, 1.82) is 5.26 Å². The van der Waals surface area contributed by atoms with Crippen molar-refractivity contribution in [2.24, 2.45) is 0 Å². The molecular formula is C19H11BrF3N3S. The summed E-state index contributed by atoms with van der Waals surface area (Å²) in [6.45, 7) is 0. The summed E-state index contributed by atoms with van der Waals surface area (Å²) >= 11 is 4.66. The van der Waals surface area contributed by atoms with Crippen LogP contribution in [0.4, 0.5) is 18.9 Å². The number of nitriles is 1. The van der Waals surface area contributed by atoms with Crippen LogP contribution in [0.2, 0.25) is 0 Å². The fraction of sp³-hybridized carbons (Fsp3) is 0.0526. The number of alkyl halides is 3. The Hall–Kier alpha value is -2.63. The molecule has 3 aromatic rings. The normalized spacial score (nSPS) is 11.9. The summed E-state index contributed by atoms with van der Waals surface area (Å²) in [5, 5.41) is 14.4. The summed E-state index contributed by atoms with van der Waals surface area (Å²) < 4.78 is 39.3. The summed E-state index contributed by atoms with van der Waals surface area (Å²) in [4.78, 5) is 4.44. The van der Waals surface area contributed by atoms with E-state index in [-0.39, 0.29) is 11.3 Å². The highest BCUT2D eigenvalue weighted by Gasteiger charge is 2.30. The van der Waals surface area contributed by atoms with Crippen LogP contribution in [-0.2, 0) is 6.18 Å². The van der Waals surface area contributed by atoms with Gasteiger partial charge in [0.15, 0.2) is 0 Å². The summed E-state index contributed by atoms with van der Waals surface area (Å²) in [7, 11) is 0. The molecule has 0 aliphatic rings. The van der Waals surface area contributed by atoms with Crippen LogP contribution in [0.15, 0.2) is 64.6 Å². The monoisotopic (exact) mass is 449 g/mol. The van der Waals surface area contributed by atoms with E-state index in [0.717, 1.165) is 27.9 Å². The molecule has 3 nitrogen and oxygen atoms in total. The van der Waals surface area contributed by atoms with Gasteiger partial charge in [0.05, 0.1) is 11.3 Å². The van der Waals surface area contributed by atoms with E-state index in [0.29, 0.717) is 5.01 Å². The van der Waals surface area contributed by atoms with Gasteiger partial charge < -0.3 is 5.32 Å². The molecule has 0 radical (unpaired) electrons. The predicted molar refractivity (Wildman–Crippen MR) is 104 cm³/mol. The summed E-state index contributed by atoms with van der Waals surface area (Å²) in [6, 6.07) is 14.4. The molecule has 136 valence electrons. The number of hydrogen-bond acceptors (Lipinski definition) is 4. The molecule has 0 bridgehead atoms. The number of allylic oxidation sites excluding steroid dienone is 1. The molecule has 0 aliphatic heterocycles. The van der Waals surface area contributed by atoms with Crippen LogP contribution in [0, 0.1) is 11.3 Å². The van der Waals surface area contributed by atoms with Crippen molar-refractivity contribution in [3.05, 3.63) is 75.2 Å². The van der Waals surface area contributed by atoms with Crippen LogP contribution < -0.4 is 5.32 Å². The average molecular weight is 450 g/mol. The maximum atomic E-state index is 12.8. The molecule has 2 aromatic carbocycles. The standard InChI is InChI=1S/C19H11BrF3N3S/c20-15-6-4-12(5-7-15)17-11-27-18(26-17)13(9-24)10-25-16-3-1-2-14(8-16)19(21,22)23/h1-8,10-11,25H. The average Bonchev–Trinajstić information content (AvgIpc) is 3.12. The second-order valence-electron chi connectivity index (χ2n) is 5.44. The molecule has 1 N–H and O–H groups in total. The number of hydrogen-bond donors (Lipinski definition) is 1. The zero-order chi connectivity index (χ0) is 19.4. The van der Waals surface area contributed by atoms with E-state index >= 15 is 0 Å². The first-order valence-electron chi connectivity index (χ1n) is 7.63. The number of halogens is 4. The highest BCUT2D eigenvalue weighted by molar-refractivity contribution is 9.10. The molecule has 1 aromatic heterocycles. The van der Waals surface area contributed by atoms with E-state index < -0.39 is 11.7 Å². The molecule has 1 heterocycles. The summed E-state index contributed by atoms with van der Waals surface area (Å²) in [5.74, 6) is 0. The summed E-state index contributed by atoms with van der Waals surface area (Å²) in [6.07, 6.45) is -3.06. The number of benzene rings is 2. The molecule has 0 atom stereocenters. The maximum absolute atomic E-state index is 12.8. The molecule has 0 amide bonds. The van der Waals surface area contributed by atoms with Crippen LogP contribution in [0.25, 0.3) is 16.8 Å². The lowest BCUT2D eigenvalue weighted by atomic mass is 10.2. The largest absolute Gasteiger partial charge is 0.416 e. The van der Waals surface area contributed by atoms with E-state index in [4.69, 9.17) is 0 Å². The molecule has 8 heteroatoms. The third-order valence-electron chi connectivity index (χ3n) is 3.57. The summed E-state index contributed by atoms with van der Waals surface area (Å²) in [5.41, 5.74) is 1.35. The van der Waals surface area contributed by atoms with Crippen molar-refractivity contribution in [1.82, 2.24) is 4.98 Å². The topological polar surface area (TPSA) is 48.7 Å². The Kier molecular flexibility index (Phi) is 5.63. The minimum atomic E-state index is -4.42. The van der Waals surface area contributed by atoms with E-state index in [1.165, 1.54) is 29.7 Å². The second kappa shape index (κ2) is 7.94. The number of aromatic nitrogens is 1. The first-order valence-corrected chi connectivity index (χ1v) is 9.30. The van der Waals surface area contributed by atoms with Crippen LogP contribution >= 0.6 is 27.3 Å². The molecule has 0 spiro atoms. The fourth-order valence-electron chi connectivity index (χ4n) is 2.23. The Balaban J connectivity index is 1.82. The van der Waals surface area contributed by atoms with Gasteiger partial charge in [-0.3, -0.25) is 0 Å². The third-order valence-corrected chi connectivity index (χ3v) is 4.97. The van der Waals surface area contributed by atoms with Gasteiger partial charge in [-0.15, -0.1) is 11.3 Å². The smallest absolute Gasteiger partial charge is 0.360 e. The minimum absolute atomic E-state index is 0.237. The fourth-order valence-corrected chi connectivity index (χ4v) is 3.29. The number of nitrogens with one attached hydrogen (secondary N) is 1. The number of nitrogens with zero attached hydrogens (tertiary/aromatic N) is 2. The lowest BCUT2D eigenvalue weighted by Gasteiger charge is -2.08. The van der Waals surface area contributed by atoms with Crippen molar-refractivity contribution in [2.75, 3.05) is 5.32 Å². The molecular weight excluding hydrogens is 439 g/mol. The van der Waals surface area contributed by atoms with Crippen molar-refractivity contribution >= 4 is 38.5 Å². The Morgan fingerprint density at radius 1 is 1.19 bits per heavy atom. The third kappa shape index (κ3) is 4.76. The Labute approximate surface area is 165 Å². The van der Waals surface area contributed by atoms with Gasteiger partial charge in [-0.25, -0.2) is 4.98 Å².